The predicted molar refractivity (Wildman–Crippen MR) is 66.5 cm³/mol. The number of rotatable bonds is 2. The van der Waals surface area contributed by atoms with Crippen LogP contribution < -0.4 is 5.73 Å². The lowest BCUT2D eigenvalue weighted by Crippen LogP contribution is -2.17. The lowest BCUT2D eigenvalue weighted by Gasteiger charge is -2.02. The van der Waals surface area contributed by atoms with Gasteiger partial charge in [0.15, 0.2) is 0 Å². The molecule has 1 heteroatoms. The Morgan fingerprint density at radius 1 is 1.00 bits per heavy atom. The Balaban J connectivity index is 0. The molecule has 82 valence electrons. The predicted octanol–water partition coefficient (Wildman–Crippen LogP) is 3.63. The molecule has 2 N–H and O–H groups in total. The third kappa shape index (κ3) is 9.27. The molecule has 0 spiro atoms. The van der Waals surface area contributed by atoms with E-state index in [1.807, 2.05) is 52.8 Å². The zero-order valence-electron chi connectivity index (χ0n) is 10.2. The van der Waals surface area contributed by atoms with Gasteiger partial charge in [0.05, 0.1) is 0 Å². The Morgan fingerprint density at radius 3 is 1.79 bits per heavy atom. The van der Waals surface area contributed by atoms with Gasteiger partial charge in [0, 0.05) is 6.04 Å². The Bertz CT molecular complexity index is 180. The van der Waals surface area contributed by atoms with Crippen LogP contribution in [0.2, 0.25) is 0 Å². The molecule has 0 aliphatic heterocycles. The molecule has 0 aliphatic rings. The molecule has 0 aromatic heterocycles. The highest BCUT2D eigenvalue weighted by molar-refractivity contribution is 5.15. The molecule has 0 fully saturated rings. The van der Waals surface area contributed by atoms with Crippen LogP contribution in [0.25, 0.3) is 0 Å². The fourth-order valence-corrected chi connectivity index (χ4v) is 0.986. The highest BCUT2D eigenvalue weighted by Gasteiger charge is 1.94. The maximum absolute atomic E-state index is 5.62. The molecule has 0 amide bonds. The normalized spacial score (nSPS) is 10.1. The summed E-state index contributed by atoms with van der Waals surface area (Å²) >= 11 is 0. The summed E-state index contributed by atoms with van der Waals surface area (Å²) in [6.07, 6.45) is 0.973. The molecule has 1 nitrogen and oxygen atoms in total. The molecule has 0 aliphatic carbocycles. The molecule has 0 saturated heterocycles. The SMILES string of the molecule is CC.CC.CC(N)Cc1ccccc1. The molecule has 0 heterocycles. The van der Waals surface area contributed by atoms with E-state index in [-0.39, 0.29) is 6.04 Å². The van der Waals surface area contributed by atoms with Crippen LogP contribution in [0.3, 0.4) is 0 Å². The molecule has 0 radical (unpaired) electrons. The summed E-state index contributed by atoms with van der Waals surface area (Å²) in [6.45, 7) is 10.0. The fourth-order valence-electron chi connectivity index (χ4n) is 0.986. The summed E-state index contributed by atoms with van der Waals surface area (Å²) in [4.78, 5) is 0. The Labute approximate surface area is 89.3 Å². The lowest BCUT2D eigenvalue weighted by molar-refractivity contribution is 0.738. The van der Waals surface area contributed by atoms with Gasteiger partial charge >= 0.3 is 0 Å². The third-order valence-corrected chi connectivity index (χ3v) is 1.40. The van der Waals surface area contributed by atoms with Gasteiger partial charge in [0.1, 0.15) is 0 Å². The Morgan fingerprint density at radius 2 is 1.43 bits per heavy atom. The first-order valence-electron chi connectivity index (χ1n) is 5.58. The quantitative estimate of drug-likeness (QED) is 0.766. The Hall–Kier alpha value is -0.820. The summed E-state index contributed by atoms with van der Waals surface area (Å²) in [5, 5.41) is 0. The van der Waals surface area contributed by atoms with Crippen molar-refractivity contribution in [2.45, 2.75) is 47.1 Å². The van der Waals surface area contributed by atoms with Gasteiger partial charge in [-0.15, -0.1) is 0 Å². The van der Waals surface area contributed by atoms with E-state index in [4.69, 9.17) is 5.73 Å². The average Bonchev–Trinajstić information content (AvgIpc) is 2.24. The van der Waals surface area contributed by atoms with E-state index in [0.29, 0.717) is 0 Å². The third-order valence-electron chi connectivity index (χ3n) is 1.40. The standard InChI is InChI=1S/C9H13N.2C2H6/c1-8(10)7-9-5-3-2-4-6-9;2*1-2/h2-6,8H,7,10H2,1H3;2*1-2H3. The van der Waals surface area contributed by atoms with Crippen LogP contribution >= 0.6 is 0 Å². The summed E-state index contributed by atoms with van der Waals surface area (Å²) in [7, 11) is 0. The lowest BCUT2D eigenvalue weighted by atomic mass is 10.1. The van der Waals surface area contributed by atoms with Crippen molar-refractivity contribution in [2.75, 3.05) is 0 Å². The minimum absolute atomic E-state index is 0.266. The molecule has 1 atom stereocenters. The zero-order chi connectivity index (χ0) is 11.4. The second-order valence-corrected chi connectivity index (χ2v) is 2.67. The molecule has 1 rings (SSSR count). The summed E-state index contributed by atoms with van der Waals surface area (Å²) in [5.74, 6) is 0. The first kappa shape index (κ1) is 15.6. The van der Waals surface area contributed by atoms with Crippen LogP contribution in [0.4, 0.5) is 0 Å². The number of nitrogens with two attached hydrogens (primary N) is 1. The highest BCUT2D eigenvalue weighted by atomic mass is 14.6. The van der Waals surface area contributed by atoms with Crippen molar-refractivity contribution in [3.63, 3.8) is 0 Å². The van der Waals surface area contributed by atoms with Crippen molar-refractivity contribution in [2.24, 2.45) is 5.73 Å². The van der Waals surface area contributed by atoms with Gasteiger partial charge < -0.3 is 5.73 Å². The van der Waals surface area contributed by atoms with E-state index in [1.165, 1.54) is 5.56 Å². The molecule has 1 aromatic carbocycles. The van der Waals surface area contributed by atoms with Gasteiger partial charge in [-0.1, -0.05) is 58.0 Å². The Kier molecular flexibility index (Phi) is 13.6. The smallest absolute Gasteiger partial charge is 0.00509 e. The summed E-state index contributed by atoms with van der Waals surface area (Å²) < 4.78 is 0. The minimum Gasteiger partial charge on any atom is -0.328 e. The number of benzene rings is 1. The molecule has 1 unspecified atom stereocenters. The van der Waals surface area contributed by atoms with Crippen molar-refractivity contribution in [3.05, 3.63) is 35.9 Å². The maximum Gasteiger partial charge on any atom is 0.00509 e. The van der Waals surface area contributed by atoms with Crippen molar-refractivity contribution < 1.29 is 0 Å². The van der Waals surface area contributed by atoms with E-state index in [1.54, 1.807) is 0 Å². The second kappa shape index (κ2) is 12.2. The van der Waals surface area contributed by atoms with Crippen molar-refractivity contribution >= 4 is 0 Å². The first-order valence-corrected chi connectivity index (χ1v) is 5.58. The van der Waals surface area contributed by atoms with Crippen molar-refractivity contribution in [1.29, 1.82) is 0 Å². The molecule has 0 saturated carbocycles. The minimum atomic E-state index is 0.266. The molecular weight excluding hydrogens is 170 g/mol. The number of hydrogen-bond donors (Lipinski definition) is 1. The van der Waals surface area contributed by atoms with E-state index < -0.39 is 0 Å². The average molecular weight is 195 g/mol. The summed E-state index contributed by atoms with van der Waals surface area (Å²) in [5.41, 5.74) is 6.94. The van der Waals surface area contributed by atoms with Crippen molar-refractivity contribution in [1.82, 2.24) is 0 Å². The molecule has 14 heavy (non-hydrogen) atoms. The highest BCUT2D eigenvalue weighted by Crippen LogP contribution is 2.00. The molecule has 0 bridgehead atoms. The number of hydrogen-bond acceptors (Lipinski definition) is 1. The van der Waals surface area contributed by atoms with Crippen LogP contribution in [0.5, 0.6) is 0 Å². The van der Waals surface area contributed by atoms with Gasteiger partial charge in [0.2, 0.25) is 0 Å². The first-order chi connectivity index (χ1) is 6.79. The monoisotopic (exact) mass is 195 g/mol. The van der Waals surface area contributed by atoms with Gasteiger partial charge in [-0.3, -0.25) is 0 Å². The maximum atomic E-state index is 5.62. The van der Waals surface area contributed by atoms with Gasteiger partial charge in [-0.05, 0) is 18.9 Å². The molecular formula is C13H25N. The van der Waals surface area contributed by atoms with E-state index in [0.717, 1.165) is 6.42 Å². The van der Waals surface area contributed by atoms with Gasteiger partial charge in [-0.2, -0.15) is 0 Å². The topological polar surface area (TPSA) is 26.0 Å². The van der Waals surface area contributed by atoms with Crippen LogP contribution in [0.1, 0.15) is 40.2 Å². The molecule has 1 aromatic rings. The van der Waals surface area contributed by atoms with E-state index >= 15 is 0 Å². The van der Waals surface area contributed by atoms with Gasteiger partial charge in [0.25, 0.3) is 0 Å². The summed E-state index contributed by atoms with van der Waals surface area (Å²) in [6, 6.07) is 10.6. The van der Waals surface area contributed by atoms with E-state index in [9.17, 15) is 0 Å². The fraction of sp³-hybridized carbons (Fsp3) is 0.538. The van der Waals surface area contributed by atoms with Crippen LogP contribution in [-0.4, -0.2) is 6.04 Å². The van der Waals surface area contributed by atoms with Crippen LogP contribution in [0, 0.1) is 0 Å². The van der Waals surface area contributed by atoms with Crippen LogP contribution in [-0.2, 0) is 6.42 Å². The zero-order valence-corrected chi connectivity index (χ0v) is 10.2. The van der Waals surface area contributed by atoms with Crippen molar-refractivity contribution in [3.8, 4) is 0 Å². The largest absolute Gasteiger partial charge is 0.328 e. The van der Waals surface area contributed by atoms with Crippen LogP contribution in [0.15, 0.2) is 30.3 Å². The second-order valence-electron chi connectivity index (χ2n) is 2.67. The van der Waals surface area contributed by atoms with Gasteiger partial charge in [-0.25, -0.2) is 0 Å². The van der Waals surface area contributed by atoms with E-state index in [2.05, 4.69) is 12.1 Å².